The second kappa shape index (κ2) is 9.74. The van der Waals surface area contributed by atoms with Crippen LogP contribution in [-0.2, 0) is 6.18 Å². The second-order valence-electron chi connectivity index (χ2n) is 8.74. The van der Waals surface area contributed by atoms with Crippen molar-refractivity contribution < 1.29 is 22.7 Å². The van der Waals surface area contributed by atoms with Crippen LogP contribution >= 0.6 is 11.6 Å². The fraction of sp³-hybridized carbons (Fsp3) is 0.417. The first-order valence-electron chi connectivity index (χ1n) is 11.2. The first-order chi connectivity index (χ1) is 16.1. The van der Waals surface area contributed by atoms with Crippen LogP contribution in [0.1, 0.15) is 55.6 Å². The van der Waals surface area contributed by atoms with Gasteiger partial charge in [-0.05, 0) is 69.9 Å². The van der Waals surface area contributed by atoms with Crippen LogP contribution in [-0.4, -0.2) is 33.5 Å². The van der Waals surface area contributed by atoms with E-state index in [0.717, 1.165) is 31.9 Å². The lowest BCUT2D eigenvalue weighted by molar-refractivity contribution is -0.140. The summed E-state index contributed by atoms with van der Waals surface area (Å²) in [6.07, 6.45) is -0.474. The molecule has 10 heteroatoms. The summed E-state index contributed by atoms with van der Waals surface area (Å²) >= 11 is 6.24. The Balaban J connectivity index is 1.34. The quantitative estimate of drug-likeness (QED) is 0.444. The number of halogens is 4. The fourth-order valence-electron chi connectivity index (χ4n) is 4.12. The number of carbonyl (C=O) groups excluding carboxylic acids is 1. The van der Waals surface area contributed by atoms with Crippen molar-refractivity contribution in [3.63, 3.8) is 0 Å². The molecule has 182 valence electrons. The summed E-state index contributed by atoms with van der Waals surface area (Å²) in [5, 5.41) is 6.77. The predicted octanol–water partition coefficient (Wildman–Crippen LogP) is 5.95. The molecular weight excluding hydrogens is 469 g/mol. The maximum atomic E-state index is 13.0. The van der Waals surface area contributed by atoms with Gasteiger partial charge in [0.2, 0.25) is 0 Å². The first-order valence-corrected chi connectivity index (χ1v) is 11.6. The van der Waals surface area contributed by atoms with Crippen molar-refractivity contribution in [3.8, 4) is 5.75 Å². The minimum Gasteiger partial charge on any atom is -0.489 e. The Bertz CT molecular complexity index is 1170. The number of hydrogen-bond donors (Lipinski definition) is 2. The summed E-state index contributed by atoms with van der Waals surface area (Å²) in [6.45, 7) is 3.80. The van der Waals surface area contributed by atoms with E-state index in [1.807, 2.05) is 13.8 Å². The average molecular weight is 495 g/mol. The summed E-state index contributed by atoms with van der Waals surface area (Å²) in [5.41, 5.74) is -0.215. The molecule has 0 radical (unpaired) electrons. The van der Waals surface area contributed by atoms with Crippen LogP contribution in [0.15, 0.2) is 42.6 Å². The molecular formula is C24H26ClF3N4O2. The van der Waals surface area contributed by atoms with Crippen molar-refractivity contribution in [1.29, 1.82) is 0 Å². The Labute approximate surface area is 200 Å². The molecule has 0 atom stereocenters. The van der Waals surface area contributed by atoms with Crippen LogP contribution in [0.4, 0.5) is 19.0 Å². The molecule has 1 aliphatic carbocycles. The number of pyridine rings is 1. The van der Waals surface area contributed by atoms with Crippen LogP contribution < -0.4 is 15.4 Å². The van der Waals surface area contributed by atoms with Gasteiger partial charge < -0.3 is 15.4 Å². The molecule has 2 aromatic heterocycles. The largest absolute Gasteiger partial charge is 0.489 e. The van der Waals surface area contributed by atoms with Gasteiger partial charge in [-0.15, -0.1) is 0 Å². The third-order valence-corrected chi connectivity index (χ3v) is 6.05. The lowest BCUT2D eigenvalue weighted by Gasteiger charge is -2.30. The summed E-state index contributed by atoms with van der Waals surface area (Å²) in [6, 6.07) is 10.0. The van der Waals surface area contributed by atoms with E-state index < -0.39 is 11.9 Å². The van der Waals surface area contributed by atoms with Crippen LogP contribution in [0.25, 0.3) is 5.65 Å². The molecule has 0 aliphatic heterocycles. The molecule has 6 nitrogen and oxygen atoms in total. The van der Waals surface area contributed by atoms with Crippen molar-refractivity contribution >= 4 is 29.0 Å². The zero-order valence-corrected chi connectivity index (χ0v) is 19.6. The number of imidazole rings is 1. The number of benzene rings is 1. The molecule has 1 amide bonds. The maximum Gasteiger partial charge on any atom is 0.434 e. The molecule has 3 aromatic rings. The fourth-order valence-corrected chi connectivity index (χ4v) is 4.34. The smallest absolute Gasteiger partial charge is 0.434 e. The maximum absolute atomic E-state index is 13.0. The highest BCUT2D eigenvalue weighted by Crippen LogP contribution is 2.30. The van der Waals surface area contributed by atoms with Gasteiger partial charge in [-0.2, -0.15) is 13.2 Å². The van der Waals surface area contributed by atoms with Crippen LogP contribution in [0.5, 0.6) is 5.75 Å². The number of carbonyl (C=O) groups is 1. The number of nitrogens with one attached hydrogen (secondary N) is 2. The van der Waals surface area contributed by atoms with Crippen molar-refractivity contribution in [3.05, 3.63) is 58.9 Å². The number of amides is 1. The average Bonchev–Trinajstić information content (AvgIpc) is 3.22. The van der Waals surface area contributed by atoms with Crippen LogP contribution in [0.2, 0.25) is 5.02 Å². The monoisotopic (exact) mass is 494 g/mol. The van der Waals surface area contributed by atoms with Crippen molar-refractivity contribution in [2.75, 3.05) is 5.32 Å². The lowest BCUT2D eigenvalue weighted by Crippen LogP contribution is -2.40. The molecule has 1 fully saturated rings. The number of rotatable bonds is 6. The van der Waals surface area contributed by atoms with Crippen LogP contribution in [0, 0.1) is 0 Å². The van der Waals surface area contributed by atoms with Gasteiger partial charge in [0.15, 0.2) is 5.69 Å². The van der Waals surface area contributed by atoms with E-state index in [1.165, 1.54) is 4.40 Å². The van der Waals surface area contributed by atoms with E-state index in [9.17, 15) is 18.0 Å². The lowest BCUT2D eigenvalue weighted by atomic mass is 9.91. The minimum absolute atomic E-state index is 0.0109. The Morgan fingerprint density at radius 1 is 1.15 bits per heavy atom. The highest BCUT2D eigenvalue weighted by atomic mass is 35.5. The van der Waals surface area contributed by atoms with Gasteiger partial charge in [-0.25, -0.2) is 4.98 Å². The number of hydrogen-bond acceptors (Lipinski definition) is 4. The Morgan fingerprint density at radius 3 is 2.50 bits per heavy atom. The molecule has 2 heterocycles. The molecule has 4 rings (SSSR count). The number of nitrogens with zero attached hydrogens (tertiary/aromatic N) is 2. The molecule has 0 spiro atoms. The summed E-state index contributed by atoms with van der Waals surface area (Å²) in [5.74, 6) is 0.902. The number of ether oxygens (including phenoxy) is 1. The van der Waals surface area contributed by atoms with E-state index >= 15 is 0 Å². The number of aromatic nitrogens is 2. The number of alkyl halides is 3. The third kappa shape index (κ3) is 5.58. The first kappa shape index (κ1) is 24.2. The molecule has 0 saturated heterocycles. The zero-order chi connectivity index (χ0) is 24.5. The molecule has 0 bridgehead atoms. The molecule has 1 aliphatic rings. The number of anilines is 1. The highest BCUT2D eigenvalue weighted by molar-refractivity contribution is 6.32. The van der Waals surface area contributed by atoms with Crippen LogP contribution in [0.3, 0.4) is 0 Å². The minimum atomic E-state index is -4.49. The summed E-state index contributed by atoms with van der Waals surface area (Å²) in [4.78, 5) is 16.3. The second-order valence-corrected chi connectivity index (χ2v) is 9.15. The zero-order valence-electron chi connectivity index (χ0n) is 18.8. The van der Waals surface area contributed by atoms with E-state index in [2.05, 4.69) is 15.6 Å². The van der Waals surface area contributed by atoms with E-state index in [0.29, 0.717) is 22.2 Å². The summed E-state index contributed by atoms with van der Waals surface area (Å²) < 4.78 is 46.1. The SMILES string of the molecule is CC(C)Oc1ccc(C(=O)NC2CCC(Nc3cccc4nc(C(F)(F)F)cn34)CC2)cc1Cl. The standard InChI is InChI=1S/C24H26ClF3N4O2/c1-14(2)34-19-11-6-15(12-18(19)25)23(33)30-17-9-7-16(8-10-17)29-21-4-3-5-22-31-20(13-32(21)22)24(26,27)28/h3-6,11-14,16-17,29H,7-10H2,1-2H3,(H,30,33). The topological polar surface area (TPSA) is 67.7 Å². The van der Waals surface area contributed by atoms with Gasteiger partial charge in [-0.3, -0.25) is 9.20 Å². The van der Waals surface area contributed by atoms with Gasteiger partial charge in [0.05, 0.1) is 11.1 Å². The molecule has 0 unspecified atom stereocenters. The molecule has 1 saturated carbocycles. The highest BCUT2D eigenvalue weighted by Gasteiger charge is 2.34. The van der Waals surface area contributed by atoms with Gasteiger partial charge in [0.1, 0.15) is 17.2 Å². The van der Waals surface area contributed by atoms with Gasteiger partial charge >= 0.3 is 6.18 Å². The van der Waals surface area contributed by atoms with E-state index in [-0.39, 0.29) is 29.7 Å². The number of fused-ring (bicyclic) bond motifs is 1. The van der Waals surface area contributed by atoms with Crippen molar-refractivity contribution in [2.45, 2.75) is 63.9 Å². The van der Waals surface area contributed by atoms with Crippen molar-refractivity contribution in [1.82, 2.24) is 14.7 Å². The molecule has 2 N–H and O–H groups in total. The Hall–Kier alpha value is -2.94. The van der Waals surface area contributed by atoms with E-state index in [1.54, 1.807) is 36.4 Å². The molecule has 34 heavy (non-hydrogen) atoms. The van der Waals surface area contributed by atoms with Gasteiger partial charge in [0, 0.05) is 23.8 Å². The summed E-state index contributed by atoms with van der Waals surface area (Å²) in [7, 11) is 0. The van der Waals surface area contributed by atoms with Crippen molar-refractivity contribution in [2.24, 2.45) is 0 Å². The molecule has 1 aromatic carbocycles. The van der Waals surface area contributed by atoms with Gasteiger partial charge in [-0.1, -0.05) is 17.7 Å². The third-order valence-electron chi connectivity index (χ3n) is 5.75. The normalized spacial score (nSPS) is 18.8. The predicted molar refractivity (Wildman–Crippen MR) is 125 cm³/mol. The van der Waals surface area contributed by atoms with E-state index in [4.69, 9.17) is 16.3 Å². The Morgan fingerprint density at radius 2 is 1.85 bits per heavy atom. The van der Waals surface area contributed by atoms with Gasteiger partial charge in [0.25, 0.3) is 5.91 Å². The Kier molecular flexibility index (Phi) is 6.93.